The second-order valence-electron chi connectivity index (χ2n) is 7.77. The second kappa shape index (κ2) is 12.0. The number of ether oxygens (including phenoxy) is 1. The molecule has 1 aliphatic rings. The third kappa shape index (κ3) is 6.91. The van der Waals surface area contributed by atoms with Gasteiger partial charge in [-0.05, 0) is 48.9 Å². The Balaban J connectivity index is 1.44. The van der Waals surface area contributed by atoms with E-state index in [4.69, 9.17) is 27.9 Å². The Morgan fingerprint density at radius 1 is 0.968 bits per heavy atom. The van der Waals surface area contributed by atoms with Crippen LogP contribution in [0.3, 0.4) is 0 Å². The molecule has 3 rings (SSSR count). The number of hydrogen-bond donors (Lipinski definition) is 1. The molecule has 1 heterocycles. The van der Waals surface area contributed by atoms with Crippen LogP contribution in [0.1, 0.15) is 51.0 Å². The van der Waals surface area contributed by atoms with Crippen molar-refractivity contribution < 1.29 is 9.53 Å². The Labute approximate surface area is 195 Å². The minimum atomic E-state index is 0.0715. The zero-order valence-corrected chi connectivity index (χ0v) is 19.5. The van der Waals surface area contributed by atoms with Crippen LogP contribution in [-0.2, 0) is 11.4 Å². The molecule has 0 aliphatic carbocycles. The SMILES string of the molecule is CCCCCCCCN1CC=C(Nc2ccc(OCc3c(Cl)cccc3Cl)cc2)C1=O. The first-order valence-electron chi connectivity index (χ1n) is 11.0. The van der Waals surface area contributed by atoms with E-state index in [9.17, 15) is 4.79 Å². The van der Waals surface area contributed by atoms with Crippen LogP contribution in [0.15, 0.2) is 54.2 Å². The number of carbonyl (C=O) groups is 1. The normalized spacial score (nSPS) is 13.5. The summed E-state index contributed by atoms with van der Waals surface area (Å²) in [5, 5.41) is 4.40. The van der Waals surface area contributed by atoms with Crippen molar-refractivity contribution in [2.75, 3.05) is 18.4 Å². The molecule has 0 unspecified atom stereocenters. The van der Waals surface area contributed by atoms with Crippen LogP contribution in [-0.4, -0.2) is 23.9 Å². The van der Waals surface area contributed by atoms with E-state index in [0.717, 1.165) is 24.2 Å². The highest BCUT2D eigenvalue weighted by molar-refractivity contribution is 6.35. The van der Waals surface area contributed by atoms with E-state index in [1.807, 2.05) is 41.3 Å². The lowest BCUT2D eigenvalue weighted by Crippen LogP contribution is -2.29. The molecule has 1 aliphatic heterocycles. The van der Waals surface area contributed by atoms with Gasteiger partial charge in [-0.2, -0.15) is 0 Å². The number of hydrogen-bond acceptors (Lipinski definition) is 3. The fourth-order valence-corrected chi connectivity index (χ4v) is 4.04. The van der Waals surface area contributed by atoms with Crippen LogP contribution >= 0.6 is 23.2 Å². The van der Waals surface area contributed by atoms with E-state index in [1.54, 1.807) is 12.1 Å². The molecular weight excluding hydrogens is 431 g/mol. The van der Waals surface area contributed by atoms with Crippen LogP contribution in [0.25, 0.3) is 0 Å². The predicted octanol–water partition coefficient (Wildman–Crippen LogP) is 7.07. The molecule has 0 spiro atoms. The number of rotatable bonds is 12. The van der Waals surface area contributed by atoms with Crippen molar-refractivity contribution in [2.45, 2.75) is 52.1 Å². The van der Waals surface area contributed by atoms with Crippen molar-refractivity contribution >= 4 is 34.8 Å². The summed E-state index contributed by atoms with van der Waals surface area (Å²) in [6.45, 7) is 4.02. The third-order valence-corrected chi connectivity index (χ3v) is 6.10. The summed E-state index contributed by atoms with van der Waals surface area (Å²) in [6.07, 6.45) is 9.32. The van der Waals surface area contributed by atoms with Gasteiger partial charge >= 0.3 is 0 Å². The number of carbonyl (C=O) groups excluding carboxylic acids is 1. The summed E-state index contributed by atoms with van der Waals surface area (Å²) in [5.74, 6) is 0.778. The number of nitrogens with one attached hydrogen (secondary N) is 1. The van der Waals surface area contributed by atoms with Gasteiger partial charge in [0.15, 0.2) is 0 Å². The highest BCUT2D eigenvalue weighted by atomic mass is 35.5. The van der Waals surface area contributed by atoms with Crippen molar-refractivity contribution in [3.05, 3.63) is 69.8 Å². The van der Waals surface area contributed by atoms with E-state index in [0.29, 0.717) is 34.6 Å². The number of unbranched alkanes of at least 4 members (excludes halogenated alkanes) is 5. The molecule has 0 saturated carbocycles. The van der Waals surface area contributed by atoms with Gasteiger partial charge < -0.3 is 15.0 Å². The molecule has 6 heteroatoms. The third-order valence-electron chi connectivity index (χ3n) is 5.39. The van der Waals surface area contributed by atoms with E-state index < -0.39 is 0 Å². The number of halogens is 2. The lowest BCUT2D eigenvalue weighted by Gasteiger charge is -2.17. The first-order chi connectivity index (χ1) is 15.1. The molecule has 0 saturated heterocycles. The van der Waals surface area contributed by atoms with Gasteiger partial charge in [-0.3, -0.25) is 4.79 Å². The quantitative estimate of drug-likeness (QED) is 0.344. The number of nitrogens with zero attached hydrogens (tertiary/aromatic N) is 1. The van der Waals surface area contributed by atoms with Crippen LogP contribution in [0.4, 0.5) is 5.69 Å². The Morgan fingerprint density at radius 3 is 2.35 bits per heavy atom. The van der Waals surface area contributed by atoms with Crippen molar-refractivity contribution in [2.24, 2.45) is 0 Å². The zero-order chi connectivity index (χ0) is 22.1. The monoisotopic (exact) mass is 460 g/mol. The Morgan fingerprint density at radius 2 is 1.65 bits per heavy atom. The second-order valence-corrected chi connectivity index (χ2v) is 8.59. The minimum Gasteiger partial charge on any atom is -0.489 e. The summed E-state index contributed by atoms with van der Waals surface area (Å²) >= 11 is 12.4. The van der Waals surface area contributed by atoms with E-state index in [1.165, 1.54) is 32.1 Å². The van der Waals surface area contributed by atoms with E-state index >= 15 is 0 Å². The van der Waals surface area contributed by atoms with E-state index in [-0.39, 0.29) is 5.91 Å². The molecule has 0 fully saturated rings. The summed E-state index contributed by atoms with van der Waals surface area (Å²) in [6, 6.07) is 12.9. The number of anilines is 1. The summed E-state index contributed by atoms with van der Waals surface area (Å²) < 4.78 is 5.81. The average Bonchev–Trinajstić information content (AvgIpc) is 3.11. The van der Waals surface area contributed by atoms with Crippen LogP contribution in [0.2, 0.25) is 10.0 Å². The molecule has 2 aromatic carbocycles. The molecule has 0 atom stereocenters. The van der Waals surface area contributed by atoms with Gasteiger partial charge in [0.25, 0.3) is 5.91 Å². The molecule has 31 heavy (non-hydrogen) atoms. The Kier molecular flexibility index (Phi) is 9.11. The summed E-state index contributed by atoms with van der Waals surface area (Å²) in [5.41, 5.74) is 2.26. The Hall–Kier alpha value is -2.17. The molecule has 0 radical (unpaired) electrons. The molecule has 0 bridgehead atoms. The van der Waals surface area contributed by atoms with Crippen molar-refractivity contribution in [3.63, 3.8) is 0 Å². The fraction of sp³-hybridized carbons (Fsp3) is 0.400. The first kappa shape index (κ1) is 23.5. The number of amides is 1. The summed E-state index contributed by atoms with van der Waals surface area (Å²) in [4.78, 5) is 14.5. The maximum Gasteiger partial charge on any atom is 0.270 e. The topological polar surface area (TPSA) is 41.6 Å². The van der Waals surface area contributed by atoms with Gasteiger partial charge in [0.05, 0.1) is 0 Å². The zero-order valence-electron chi connectivity index (χ0n) is 18.0. The average molecular weight is 461 g/mol. The first-order valence-corrected chi connectivity index (χ1v) is 11.8. The van der Waals surface area contributed by atoms with Gasteiger partial charge in [0.2, 0.25) is 0 Å². The van der Waals surface area contributed by atoms with Crippen LogP contribution in [0.5, 0.6) is 5.75 Å². The molecule has 0 aromatic heterocycles. The van der Waals surface area contributed by atoms with Crippen molar-refractivity contribution in [1.82, 2.24) is 4.90 Å². The molecule has 1 N–H and O–H groups in total. The maximum absolute atomic E-state index is 12.6. The molecule has 166 valence electrons. The van der Waals surface area contributed by atoms with Crippen molar-refractivity contribution in [1.29, 1.82) is 0 Å². The van der Waals surface area contributed by atoms with Crippen molar-refractivity contribution in [3.8, 4) is 5.75 Å². The molecule has 1 amide bonds. The van der Waals surface area contributed by atoms with Gasteiger partial charge in [-0.1, -0.05) is 68.3 Å². The fourth-order valence-electron chi connectivity index (χ4n) is 3.54. The van der Waals surface area contributed by atoms with E-state index in [2.05, 4.69) is 12.2 Å². The standard InChI is InChI=1S/C25H30Cl2N2O2/c1-2-3-4-5-6-7-16-29-17-15-24(25(29)30)28-19-11-13-20(14-12-19)31-18-21-22(26)9-8-10-23(21)27/h8-15,28H,2-7,16-18H2,1H3. The van der Waals surface area contributed by atoms with Crippen LogP contribution < -0.4 is 10.1 Å². The van der Waals surface area contributed by atoms with Crippen LogP contribution in [0, 0.1) is 0 Å². The minimum absolute atomic E-state index is 0.0715. The summed E-state index contributed by atoms with van der Waals surface area (Å²) in [7, 11) is 0. The van der Waals surface area contributed by atoms with Gasteiger partial charge in [-0.15, -0.1) is 0 Å². The highest BCUT2D eigenvalue weighted by Gasteiger charge is 2.23. The van der Waals surface area contributed by atoms with Gasteiger partial charge in [0.1, 0.15) is 18.1 Å². The smallest absolute Gasteiger partial charge is 0.270 e. The molecule has 4 nitrogen and oxygen atoms in total. The largest absolute Gasteiger partial charge is 0.489 e. The highest BCUT2D eigenvalue weighted by Crippen LogP contribution is 2.26. The number of benzene rings is 2. The predicted molar refractivity (Wildman–Crippen MR) is 129 cm³/mol. The molecular formula is C25H30Cl2N2O2. The maximum atomic E-state index is 12.6. The van der Waals surface area contributed by atoms with Gasteiger partial charge in [0, 0.05) is 34.4 Å². The lowest BCUT2D eigenvalue weighted by molar-refractivity contribution is -0.125. The molecule has 2 aromatic rings. The van der Waals surface area contributed by atoms with Gasteiger partial charge in [-0.25, -0.2) is 0 Å². The Bertz CT molecular complexity index is 877. The lowest BCUT2D eigenvalue weighted by atomic mass is 10.1.